The summed E-state index contributed by atoms with van der Waals surface area (Å²) < 4.78 is 12.6. The molecule has 3 rings (SSSR count). The molecule has 3 aliphatic rings. The summed E-state index contributed by atoms with van der Waals surface area (Å²) in [6.45, 7) is 11.5. The minimum absolute atomic E-state index is 0.237. The van der Waals surface area contributed by atoms with Crippen LogP contribution >= 0.6 is 0 Å². The molecule has 24 heavy (non-hydrogen) atoms. The van der Waals surface area contributed by atoms with Crippen LogP contribution in [-0.2, 0) is 9.47 Å². The van der Waals surface area contributed by atoms with Gasteiger partial charge in [-0.2, -0.15) is 0 Å². The summed E-state index contributed by atoms with van der Waals surface area (Å²) in [6, 6.07) is 0. The summed E-state index contributed by atoms with van der Waals surface area (Å²) in [4.78, 5) is 2.55. The Morgan fingerprint density at radius 3 is 2.67 bits per heavy atom. The Labute approximate surface area is 148 Å². The molecule has 1 unspecified atom stereocenters. The van der Waals surface area contributed by atoms with Gasteiger partial charge >= 0.3 is 0 Å². The maximum Gasteiger partial charge on any atom is 0.168 e. The summed E-state index contributed by atoms with van der Waals surface area (Å²) in [6.07, 6.45) is 14.5. The quantitative estimate of drug-likeness (QED) is 0.653. The molecule has 2 fully saturated rings. The molecule has 0 aromatic rings. The van der Waals surface area contributed by atoms with Crippen LogP contribution in [0.5, 0.6) is 0 Å². The van der Waals surface area contributed by atoms with Gasteiger partial charge in [0, 0.05) is 25.9 Å². The Kier molecular flexibility index (Phi) is 6.05. The Balaban J connectivity index is 1.38. The van der Waals surface area contributed by atoms with Gasteiger partial charge in [-0.05, 0) is 50.0 Å². The topological polar surface area (TPSA) is 21.7 Å². The Hall–Kier alpha value is -0.380. The summed E-state index contributed by atoms with van der Waals surface area (Å²) in [5, 5.41) is 0. The molecule has 0 aromatic carbocycles. The molecule has 1 aliphatic carbocycles. The van der Waals surface area contributed by atoms with Crippen molar-refractivity contribution in [2.75, 3.05) is 26.2 Å². The number of ether oxygens (including phenoxy) is 2. The fourth-order valence-electron chi connectivity index (χ4n) is 4.58. The zero-order valence-electron chi connectivity index (χ0n) is 16.1. The Morgan fingerprint density at radius 1 is 1.21 bits per heavy atom. The van der Waals surface area contributed by atoms with E-state index in [0.717, 1.165) is 38.3 Å². The van der Waals surface area contributed by atoms with E-state index in [0.29, 0.717) is 11.5 Å². The van der Waals surface area contributed by atoms with Gasteiger partial charge in [0.1, 0.15) is 0 Å². The van der Waals surface area contributed by atoms with Crippen molar-refractivity contribution in [3.8, 4) is 0 Å². The summed E-state index contributed by atoms with van der Waals surface area (Å²) in [7, 11) is 0. The first-order valence-corrected chi connectivity index (χ1v) is 10.2. The molecule has 1 saturated heterocycles. The molecule has 1 saturated carbocycles. The monoisotopic (exact) mass is 335 g/mol. The lowest BCUT2D eigenvalue weighted by Gasteiger charge is -2.42. The number of hydrogen-bond acceptors (Lipinski definition) is 3. The second kappa shape index (κ2) is 7.88. The predicted octanol–water partition coefficient (Wildman–Crippen LogP) is 4.77. The second-order valence-electron chi connectivity index (χ2n) is 8.78. The normalized spacial score (nSPS) is 35.0. The maximum atomic E-state index is 6.42. The minimum Gasteiger partial charge on any atom is -0.347 e. The Morgan fingerprint density at radius 2 is 2.00 bits per heavy atom. The standard InChI is InChI=1S/C21H37NO2/c1-4-20(2,3)18-10-12-21(13-11-18)23-17-19(24-21)9-8-16-22-14-6-5-7-15-22/h5-6,18-19H,4,7-17H2,1-3H3. The fraction of sp³-hybridized carbons (Fsp3) is 0.905. The highest BCUT2D eigenvalue weighted by Gasteiger charge is 2.46. The van der Waals surface area contributed by atoms with E-state index in [1.54, 1.807) is 0 Å². The Bertz CT molecular complexity index is 424. The highest BCUT2D eigenvalue weighted by atomic mass is 16.7. The fourth-order valence-corrected chi connectivity index (χ4v) is 4.58. The van der Waals surface area contributed by atoms with Gasteiger partial charge in [0.2, 0.25) is 0 Å². The van der Waals surface area contributed by atoms with E-state index in [1.807, 2.05) is 0 Å². The van der Waals surface area contributed by atoms with Gasteiger partial charge < -0.3 is 9.47 Å². The van der Waals surface area contributed by atoms with Gasteiger partial charge in [-0.3, -0.25) is 4.90 Å². The molecule has 0 amide bonds. The van der Waals surface area contributed by atoms with Crippen molar-refractivity contribution in [2.24, 2.45) is 11.3 Å². The van der Waals surface area contributed by atoms with E-state index in [-0.39, 0.29) is 5.79 Å². The molecular formula is C21H37NO2. The molecule has 0 bridgehead atoms. The van der Waals surface area contributed by atoms with E-state index in [1.165, 1.54) is 45.2 Å². The third-order valence-electron chi connectivity index (χ3n) is 6.82. The van der Waals surface area contributed by atoms with Crippen LogP contribution in [0.15, 0.2) is 12.2 Å². The van der Waals surface area contributed by atoms with Gasteiger partial charge in [0.15, 0.2) is 5.79 Å². The second-order valence-corrected chi connectivity index (χ2v) is 8.78. The number of rotatable bonds is 6. The van der Waals surface area contributed by atoms with E-state index in [2.05, 4.69) is 37.8 Å². The van der Waals surface area contributed by atoms with Crippen molar-refractivity contribution in [3.63, 3.8) is 0 Å². The predicted molar refractivity (Wildman–Crippen MR) is 99.0 cm³/mol. The minimum atomic E-state index is -0.237. The first-order valence-electron chi connectivity index (χ1n) is 10.2. The third kappa shape index (κ3) is 4.42. The van der Waals surface area contributed by atoms with Crippen LogP contribution in [-0.4, -0.2) is 43.0 Å². The smallest absolute Gasteiger partial charge is 0.168 e. The van der Waals surface area contributed by atoms with E-state index < -0.39 is 0 Å². The van der Waals surface area contributed by atoms with Crippen LogP contribution in [0, 0.1) is 11.3 Å². The first-order chi connectivity index (χ1) is 11.5. The lowest BCUT2D eigenvalue weighted by atomic mass is 9.68. The molecule has 3 heteroatoms. The average molecular weight is 336 g/mol. The molecule has 2 aliphatic heterocycles. The summed E-state index contributed by atoms with van der Waals surface area (Å²) in [5.41, 5.74) is 0.461. The summed E-state index contributed by atoms with van der Waals surface area (Å²) in [5.74, 6) is 0.588. The van der Waals surface area contributed by atoms with Gasteiger partial charge in [0.05, 0.1) is 12.7 Å². The molecular weight excluding hydrogens is 298 g/mol. The van der Waals surface area contributed by atoms with E-state index in [4.69, 9.17) is 9.47 Å². The van der Waals surface area contributed by atoms with Crippen molar-refractivity contribution in [3.05, 3.63) is 12.2 Å². The molecule has 2 heterocycles. The van der Waals surface area contributed by atoms with Crippen LogP contribution in [0.2, 0.25) is 0 Å². The SMILES string of the molecule is CCC(C)(C)C1CCC2(CC1)OCC(CCCN1CC=CCC1)O2. The van der Waals surface area contributed by atoms with Gasteiger partial charge in [-0.25, -0.2) is 0 Å². The van der Waals surface area contributed by atoms with Crippen molar-refractivity contribution < 1.29 is 9.47 Å². The van der Waals surface area contributed by atoms with Crippen molar-refractivity contribution in [1.82, 2.24) is 4.90 Å². The maximum absolute atomic E-state index is 6.42. The van der Waals surface area contributed by atoms with Crippen molar-refractivity contribution >= 4 is 0 Å². The van der Waals surface area contributed by atoms with Gasteiger partial charge in [-0.15, -0.1) is 0 Å². The molecule has 1 atom stereocenters. The summed E-state index contributed by atoms with van der Waals surface area (Å²) >= 11 is 0. The highest BCUT2D eigenvalue weighted by molar-refractivity contribution is 4.91. The third-order valence-corrected chi connectivity index (χ3v) is 6.82. The van der Waals surface area contributed by atoms with Crippen molar-refractivity contribution in [2.45, 2.75) is 84.0 Å². The van der Waals surface area contributed by atoms with E-state index >= 15 is 0 Å². The van der Waals surface area contributed by atoms with Gasteiger partial charge in [0.25, 0.3) is 0 Å². The largest absolute Gasteiger partial charge is 0.347 e. The van der Waals surface area contributed by atoms with Crippen LogP contribution in [0.1, 0.15) is 72.1 Å². The zero-order chi connectivity index (χ0) is 17.0. The van der Waals surface area contributed by atoms with Crippen molar-refractivity contribution in [1.29, 1.82) is 0 Å². The van der Waals surface area contributed by atoms with E-state index in [9.17, 15) is 0 Å². The van der Waals surface area contributed by atoms with Crippen LogP contribution < -0.4 is 0 Å². The van der Waals surface area contributed by atoms with Gasteiger partial charge in [-0.1, -0.05) is 39.3 Å². The molecule has 1 spiro atoms. The number of hydrogen-bond donors (Lipinski definition) is 0. The lowest BCUT2D eigenvalue weighted by Crippen LogP contribution is -2.39. The zero-order valence-corrected chi connectivity index (χ0v) is 16.1. The lowest BCUT2D eigenvalue weighted by molar-refractivity contribution is -0.197. The number of nitrogens with zero attached hydrogens (tertiary/aromatic N) is 1. The van der Waals surface area contributed by atoms with Crippen LogP contribution in [0.25, 0.3) is 0 Å². The molecule has 0 N–H and O–H groups in total. The van der Waals surface area contributed by atoms with Crippen LogP contribution in [0.4, 0.5) is 0 Å². The molecule has 3 nitrogen and oxygen atoms in total. The molecule has 0 radical (unpaired) electrons. The average Bonchev–Trinajstić information content (AvgIpc) is 2.99. The van der Waals surface area contributed by atoms with Crippen LogP contribution in [0.3, 0.4) is 0 Å². The molecule has 0 aromatic heterocycles. The highest BCUT2D eigenvalue weighted by Crippen LogP contribution is 2.47. The first kappa shape index (κ1) is 18.4. The molecule has 138 valence electrons.